The summed E-state index contributed by atoms with van der Waals surface area (Å²) in [4.78, 5) is 0. The summed E-state index contributed by atoms with van der Waals surface area (Å²) in [7, 11) is 0. The predicted molar refractivity (Wildman–Crippen MR) is 153 cm³/mol. The summed E-state index contributed by atoms with van der Waals surface area (Å²) in [5.74, 6) is 0. The second-order valence-corrected chi connectivity index (χ2v) is 23.9. The van der Waals surface area contributed by atoms with Crippen LogP contribution in [0.4, 0.5) is 0 Å². The molecule has 0 amide bonds. The summed E-state index contributed by atoms with van der Waals surface area (Å²) >= 11 is -1.89. The van der Waals surface area contributed by atoms with E-state index in [1.807, 2.05) is 0 Å². The van der Waals surface area contributed by atoms with Gasteiger partial charge in [-0.3, -0.25) is 0 Å². The van der Waals surface area contributed by atoms with E-state index in [0.29, 0.717) is 0 Å². The molecule has 0 saturated heterocycles. The quantitative estimate of drug-likeness (QED) is 0.0860. The van der Waals surface area contributed by atoms with E-state index in [4.69, 9.17) is 0 Å². The topological polar surface area (TPSA) is 0 Å². The Bertz CT molecular complexity index is 316. The molecular formula is C32H68Zr. The normalized spacial score (nSPS) is 12.0. The Morgan fingerprint density at radius 1 is 0.242 bits per heavy atom. The van der Waals surface area contributed by atoms with Gasteiger partial charge < -0.3 is 0 Å². The van der Waals surface area contributed by atoms with E-state index in [1.54, 1.807) is 55.0 Å². The molecule has 33 heavy (non-hydrogen) atoms. The molecule has 0 heterocycles. The Hall–Kier alpha value is 0.883. The fourth-order valence-corrected chi connectivity index (χ4v) is 19.9. The van der Waals surface area contributed by atoms with Crippen LogP contribution >= 0.6 is 0 Å². The molecule has 0 aliphatic carbocycles. The molecule has 0 rings (SSSR count). The zero-order chi connectivity index (χ0) is 24.3. The Balaban J connectivity index is 4.15. The van der Waals surface area contributed by atoms with Crippen LogP contribution in [0.2, 0.25) is 16.5 Å². The molecule has 0 N–H and O–H groups in total. The summed E-state index contributed by atoms with van der Waals surface area (Å²) in [6, 6.07) is 0. The Morgan fingerprint density at radius 3 is 0.727 bits per heavy atom. The van der Waals surface area contributed by atoms with Gasteiger partial charge in [0.25, 0.3) is 0 Å². The SMILES string of the molecule is CCCCCCCCCCC[CH2][Zr]([CH2]CCC)([CH2]CCC)[CH2]CCCCCCCCCCC. The van der Waals surface area contributed by atoms with Crippen molar-refractivity contribution in [2.75, 3.05) is 0 Å². The van der Waals surface area contributed by atoms with Gasteiger partial charge in [0.2, 0.25) is 0 Å². The molecule has 0 radical (unpaired) electrons. The van der Waals surface area contributed by atoms with Crippen LogP contribution in [0, 0.1) is 0 Å². The molecular weight excluding hydrogens is 476 g/mol. The van der Waals surface area contributed by atoms with Crippen LogP contribution in [-0.2, 0) is 20.3 Å². The van der Waals surface area contributed by atoms with Gasteiger partial charge in [0.1, 0.15) is 0 Å². The van der Waals surface area contributed by atoms with Gasteiger partial charge in [0.15, 0.2) is 0 Å². The summed E-state index contributed by atoms with van der Waals surface area (Å²) in [6.45, 7) is 9.50. The number of rotatable bonds is 28. The minimum atomic E-state index is -1.89. The monoisotopic (exact) mass is 542 g/mol. The van der Waals surface area contributed by atoms with Gasteiger partial charge in [-0.2, -0.15) is 0 Å². The molecule has 0 nitrogen and oxygen atoms in total. The van der Waals surface area contributed by atoms with Crippen molar-refractivity contribution in [3.8, 4) is 0 Å². The van der Waals surface area contributed by atoms with Gasteiger partial charge in [0.05, 0.1) is 0 Å². The van der Waals surface area contributed by atoms with Gasteiger partial charge in [-0.1, -0.05) is 0 Å². The van der Waals surface area contributed by atoms with E-state index >= 15 is 0 Å². The third-order valence-electron chi connectivity index (χ3n) is 8.24. The van der Waals surface area contributed by atoms with Crippen molar-refractivity contribution in [3.63, 3.8) is 0 Å². The van der Waals surface area contributed by atoms with Crippen LogP contribution in [0.5, 0.6) is 0 Å². The van der Waals surface area contributed by atoms with Crippen LogP contribution in [0.15, 0.2) is 0 Å². The van der Waals surface area contributed by atoms with E-state index < -0.39 is 20.3 Å². The Morgan fingerprint density at radius 2 is 0.455 bits per heavy atom. The zero-order valence-corrected chi connectivity index (χ0v) is 26.8. The standard InChI is InChI=1S/2C12H25.2C4H9.Zr/c2*1-3-5-7-9-11-12-10-8-6-4-2;2*1-3-4-2;/h2*1,3-12H2,2H3;2*1,3-4H2,2H3;. The molecule has 0 aromatic heterocycles. The first-order chi connectivity index (χ1) is 16.2. The molecule has 0 aromatic carbocycles. The van der Waals surface area contributed by atoms with E-state index in [0.717, 1.165) is 0 Å². The molecule has 0 fully saturated rings. The van der Waals surface area contributed by atoms with Crippen molar-refractivity contribution in [1.29, 1.82) is 0 Å². The molecule has 200 valence electrons. The van der Waals surface area contributed by atoms with Crippen molar-refractivity contribution in [3.05, 3.63) is 0 Å². The maximum absolute atomic E-state index is 2.43. The third-order valence-corrected chi connectivity index (χ3v) is 22.1. The molecule has 0 aliphatic heterocycles. The van der Waals surface area contributed by atoms with Gasteiger partial charge in [0, 0.05) is 0 Å². The summed E-state index contributed by atoms with van der Waals surface area (Å²) in [5.41, 5.74) is 0. The maximum atomic E-state index is 2.43. The minimum absolute atomic E-state index is 1.38. The van der Waals surface area contributed by atoms with Gasteiger partial charge >= 0.3 is 219 Å². The first-order valence-corrected chi connectivity index (χ1v) is 23.2. The predicted octanol–water partition coefficient (Wildman–Crippen LogP) is 13.3. The number of hydrogen-bond acceptors (Lipinski definition) is 0. The van der Waals surface area contributed by atoms with E-state index in [1.165, 1.54) is 116 Å². The first-order valence-electron chi connectivity index (χ1n) is 16.2. The zero-order valence-electron chi connectivity index (χ0n) is 24.3. The second kappa shape index (κ2) is 27.5. The molecule has 0 aromatic rings. The first kappa shape index (κ1) is 33.9. The van der Waals surface area contributed by atoms with Gasteiger partial charge in [-0.05, 0) is 0 Å². The van der Waals surface area contributed by atoms with Crippen molar-refractivity contribution < 1.29 is 20.3 Å². The molecule has 0 aliphatic rings. The van der Waals surface area contributed by atoms with Crippen LogP contribution in [0.25, 0.3) is 0 Å². The van der Waals surface area contributed by atoms with E-state index in [9.17, 15) is 0 Å². The Kier molecular flexibility index (Phi) is 28.2. The average molecular weight is 544 g/mol. The van der Waals surface area contributed by atoms with Crippen LogP contribution in [0.1, 0.15) is 182 Å². The molecule has 1 heteroatoms. The van der Waals surface area contributed by atoms with Crippen molar-refractivity contribution in [2.45, 2.75) is 198 Å². The van der Waals surface area contributed by atoms with Crippen molar-refractivity contribution in [2.24, 2.45) is 0 Å². The van der Waals surface area contributed by atoms with Crippen molar-refractivity contribution >= 4 is 0 Å². The average Bonchev–Trinajstić information content (AvgIpc) is 2.83. The molecule has 0 saturated carbocycles. The molecule has 0 bridgehead atoms. The molecule has 0 unspecified atom stereocenters. The number of unbranched alkanes of at least 4 members (excludes halogenated alkanes) is 20. The Labute approximate surface area is 217 Å². The van der Waals surface area contributed by atoms with Crippen LogP contribution in [-0.4, -0.2) is 0 Å². The van der Waals surface area contributed by atoms with E-state index in [2.05, 4.69) is 27.7 Å². The van der Waals surface area contributed by atoms with E-state index in [-0.39, 0.29) is 0 Å². The second-order valence-electron chi connectivity index (χ2n) is 11.6. The fourth-order valence-electron chi connectivity index (χ4n) is 5.83. The molecule has 0 atom stereocenters. The van der Waals surface area contributed by atoms with Gasteiger partial charge in [-0.15, -0.1) is 0 Å². The fraction of sp³-hybridized carbons (Fsp3) is 1.00. The van der Waals surface area contributed by atoms with Gasteiger partial charge in [-0.25, -0.2) is 0 Å². The summed E-state index contributed by atoms with van der Waals surface area (Å²) < 4.78 is 6.92. The third kappa shape index (κ3) is 23.1. The van der Waals surface area contributed by atoms with Crippen LogP contribution in [0.3, 0.4) is 0 Å². The molecule has 0 spiro atoms. The summed E-state index contributed by atoms with van der Waals surface area (Å²) in [5, 5.41) is 0. The summed E-state index contributed by atoms with van der Waals surface area (Å²) in [6.07, 6.45) is 35.9. The number of hydrogen-bond donors (Lipinski definition) is 0. The van der Waals surface area contributed by atoms with Crippen LogP contribution < -0.4 is 0 Å². The van der Waals surface area contributed by atoms with Crippen molar-refractivity contribution in [1.82, 2.24) is 0 Å².